The number of piperidine rings is 1. The first-order chi connectivity index (χ1) is 17.1. The number of benzene rings is 1. The van der Waals surface area contributed by atoms with E-state index in [0.29, 0.717) is 25.3 Å². The third kappa shape index (κ3) is 5.33. The zero-order valence-corrected chi connectivity index (χ0v) is 20.7. The summed E-state index contributed by atoms with van der Waals surface area (Å²) >= 11 is 0. The molecule has 2 saturated heterocycles. The number of ether oxygens (including phenoxy) is 1. The highest BCUT2D eigenvalue weighted by Crippen LogP contribution is 2.39. The van der Waals surface area contributed by atoms with Crippen molar-refractivity contribution in [2.75, 3.05) is 26.2 Å². The van der Waals surface area contributed by atoms with Crippen LogP contribution in [0.1, 0.15) is 65.0 Å². The molecule has 4 rings (SSSR count). The molecular formula is C26H31F3N4O3. The van der Waals surface area contributed by atoms with Gasteiger partial charge in [0.1, 0.15) is 18.1 Å². The second-order valence-corrected chi connectivity index (χ2v) is 9.55. The number of rotatable bonds is 5. The molecule has 2 aliphatic heterocycles. The number of hydrogen-bond donors (Lipinski definition) is 1. The third-order valence-electron chi connectivity index (χ3n) is 7.28. The van der Waals surface area contributed by atoms with Crippen LogP contribution < -0.4 is 4.74 Å². The SMILES string of the molecule is C/C(COc1ccc([C@H]2CCCC3CN(C(=O)c4ccc(C(F)(F)F)nc4)CCN32)c(C)c1C)=N/O. The molecule has 36 heavy (non-hydrogen) atoms. The fourth-order valence-electron chi connectivity index (χ4n) is 5.18. The van der Waals surface area contributed by atoms with Gasteiger partial charge in [0.05, 0.1) is 11.3 Å². The minimum Gasteiger partial charge on any atom is -0.487 e. The number of oxime groups is 1. The van der Waals surface area contributed by atoms with E-state index >= 15 is 0 Å². The van der Waals surface area contributed by atoms with Crippen LogP contribution in [0.4, 0.5) is 13.2 Å². The molecule has 0 radical (unpaired) electrons. The number of fused-ring (bicyclic) bond motifs is 1. The molecule has 0 spiro atoms. The molecule has 2 fully saturated rings. The summed E-state index contributed by atoms with van der Waals surface area (Å²) in [5, 5.41) is 12.0. The van der Waals surface area contributed by atoms with E-state index in [2.05, 4.69) is 28.0 Å². The van der Waals surface area contributed by atoms with Crippen LogP contribution >= 0.6 is 0 Å². The molecule has 2 aromatic rings. The van der Waals surface area contributed by atoms with Gasteiger partial charge in [-0.15, -0.1) is 0 Å². The van der Waals surface area contributed by atoms with Crippen molar-refractivity contribution in [3.8, 4) is 5.75 Å². The molecule has 0 bridgehead atoms. The number of carbonyl (C=O) groups is 1. The van der Waals surface area contributed by atoms with Crippen molar-refractivity contribution in [3.05, 3.63) is 58.4 Å². The van der Waals surface area contributed by atoms with Gasteiger partial charge in [0.2, 0.25) is 0 Å². The maximum Gasteiger partial charge on any atom is 0.433 e. The zero-order chi connectivity index (χ0) is 26.0. The molecule has 1 aromatic carbocycles. The van der Waals surface area contributed by atoms with Crippen molar-refractivity contribution < 1.29 is 27.9 Å². The molecule has 2 aliphatic rings. The first kappa shape index (κ1) is 25.9. The fourth-order valence-corrected chi connectivity index (χ4v) is 5.18. The van der Waals surface area contributed by atoms with Crippen molar-refractivity contribution in [2.45, 2.75) is 58.3 Å². The summed E-state index contributed by atoms with van der Waals surface area (Å²) in [4.78, 5) is 20.6. The Labute approximate surface area is 208 Å². The molecule has 3 heterocycles. The van der Waals surface area contributed by atoms with Gasteiger partial charge in [0.25, 0.3) is 5.91 Å². The van der Waals surface area contributed by atoms with E-state index in [4.69, 9.17) is 9.94 Å². The summed E-state index contributed by atoms with van der Waals surface area (Å²) in [6, 6.07) is 6.53. The van der Waals surface area contributed by atoms with Crippen molar-refractivity contribution >= 4 is 11.6 Å². The lowest BCUT2D eigenvalue weighted by Gasteiger charge is -2.48. The van der Waals surface area contributed by atoms with Crippen LogP contribution in [0.3, 0.4) is 0 Å². The molecule has 1 aromatic heterocycles. The predicted molar refractivity (Wildman–Crippen MR) is 129 cm³/mol. The number of hydrogen-bond acceptors (Lipinski definition) is 6. The summed E-state index contributed by atoms with van der Waals surface area (Å²) < 4.78 is 44.3. The Bertz CT molecular complexity index is 1130. The lowest BCUT2D eigenvalue weighted by Crippen LogP contribution is -2.57. The quantitative estimate of drug-likeness (QED) is 0.352. The van der Waals surface area contributed by atoms with Crippen molar-refractivity contribution in [2.24, 2.45) is 5.16 Å². The molecule has 1 N–H and O–H groups in total. The summed E-state index contributed by atoms with van der Waals surface area (Å²) in [5.74, 6) is 0.473. The van der Waals surface area contributed by atoms with Gasteiger partial charge >= 0.3 is 6.18 Å². The number of amides is 1. The Kier molecular flexibility index (Phi) is 7.54. The smallest absolute Gasteiger partial charge is 0.433 e. The summed E-state index contributed by atoms with van der Waals surface area (Å²) in [7, 11) is 0. The van der Waals surface area contributed by atoms with Crippen LogP contribution in [0.15, 0.2) is 35.6 Å². The number of alkyl halides is 3. The number of carbonyl (C=O) groups excluding carboxylic acids is 1. The number of aromatic nitrogens is 1. The van der Waals surface area contributed by atoms with E-state index in [1.807, 2.05) is 13.0 Å². The molecule has 10 heteroatoms. The molecule has 194 valence electrons. The van der Waals surface area contributed by atoms with Crippen LogP contribution in [-0.2, 0) is 6.18 Å². The van der Waals surface area contributed by atoms with E-state index in [9.17, 15) is 18.0 Å². The number of halogens is 3. The van der Waals surface area contributed by atoms with E-state index in [1.54, 1.807) is 11.8 Å². The Morgan fingerprint density at radius 1 is 1.17 bits per heavy atom. The highest BCUT2D eigenvalue weighted by Gasteiger charge is 2.38. The summed E-state index contributed by atoms with van der Waals surface area (Å²) in [5.41, 5.74) is 3.11. The largest absolute Gasteiger partial charge is 0.487 e. The standard InChI is InChI=1S/C26H31F3N4O3/c1-16(31-35)15-36-23-9-8-21(17(2)18(23)3)22-6-4-5-20-14-32(11-12-33(20)22)25(34)19-7-10-24(30-13-19)26(27,28)29/h7-10,13,20,22,35H,4-6,11-12,14-15H2,1-3H3/b31-16-/t20?,22-/m1/s1. The predicted octanol–water partition coefficient (Wildman–Crippen LogP) is 5.00. The van der Waals surface area contributed by atoms with E-state index in [1.165, 1.54) is 11.6 Å². The van der Waals surface area contributed by atoms with Gasteiger partial charge in [-0.3, -0.25) is 14.7 Å². The second kappa shape index (κ2) is 10.5. The van der Waals surface area contributed by atoms with Crippen molar-refractivity contribution in [1.29, 1.82) is 0 Å². The second-order valence-electron chi connectivity index (χ2n) is 9.55. The first-order valence-electron chi connectivity index (χ1n) is 12.1. The average Bonchev–Trinajstić information content (AvgIpc) is 2.88. The Balaban J connectivity index is 1.46. The van der Waals surface area contributed by atoms with E-state index in [0.717, 1.165) is 48.4 Å². The summed E-state index contributed by atoms with van der Waals surface area (Å²) in [6.45, 7) is 7.75. The fraction of sp³-hybridized carbons (Fsp3) is 0.500. The zero-order valence-electron chi connectivity index (χ0n) is 20.7. The van der Waals surface area contributed by atoms with Crippen LogP contribution in [0.5, 0.6) is 5.75 Å². The van der Waals surface area contributed by atoms with E-state index in [-0.39, 0.29) is 30.2 Å². The van der Waals surface area contributed by atoms with Gasteiger partial charge in [-0.2, -0.15) is 13.2 Å². The average molecular weight is 505 g/mol. The minimum atomic E-state index is -4.53. The summed E-state index contributed by atoms with van der Waals surface area (Å²) in [6.07, 6.45) is -0.504. The molecule has 1 amide bonds. The van der Waals surface area contributed by atoms with Gasteiger partial charge in [-0.05, 0) is 74.9 Å². The minimum absolute atomic E-state index is 0.173. The molecule has 0 aliphatic carbocycles. The topological polar surface area (TPSA) is 78.3 Å². The number of pyridine rings is 1. The monoisotopic (exact) mass is 504 g/mol. The number of nitrogens with zero attached hydrogens (tertiary/aromatic N) is 4. The van der Waals surface area contributed by atoms with Gasteiger partial charge in [0, 0.05) is 37.9 Å². The Morgan fingerprint density at radius 2 is 1.94 bits per heavy atom. The van der Waals surface area contributed by atoms with Crippen molar-refractivity contribution in [3.63, 3.8) is 0 Å². The normalized spacial score (nSPS) is 21.3. The molecule has 2 atom stereocenters. The maximum absolute atomic E-state index is 13.0. The van der Waals surface area contributed by atoms with Gasteiger partial charge < -0.3 is 14.8 Å². The third-order valence-corrected chi connectivity index (χ3v) is 7.28. The molecule has 7 nitrogen and oxygen atoms in total. The van der Waals surface area contributed by atoms with Crippen molar-refractivity contribution in [1.82, 2.24) is 14.8 Å². The lowest BCUT2D eigenvalue weighted by molar-refractivity contribution is -0.141. The van der Waals surface area contributed by atoms with Crippen LogP contribution in [0.25, 0.3) is 0 Å². The van der Waals surface area contributed by atoms with Gasteiger partial charge in [0.15, 0.2) is 0 Å². The van der Waals surface area contributed by atoms with Crippen LogP contribution in [0, 0.1) is 13.8 Å². The highest BCUT2D eigenvalue weighted by atomic mass is 19.4. The number of piperazine rings is 1. The van der Waals surface area contributed by atoms with Crippen LogP contribution in [-0.4, -0.2) is 63.9 Å². The van der Waals surface area contributed by atoms with E-state index < -0.39 is 11.9 Å². The highest BCUT2D eigenvalue weighted by molar-refractivity contribution is 5.94. The molecular weight excluding hydrogens is 473 g/mol. The molecule has 1 unspecified atom stereocenters. The lowest BCUT2D eigenvalue weighted by atomic mass is 9.86. The first-order valence-corrected chi connectivity index (χ1v) is 12.1. The molecule has 0 saturated carbocycles. The van der Waals surface area contributed by atoms with Gasteiger partial charge in [-0.1, -0.05) is 11.2 Å². The maximum atomic E-state index is 13.0. The Hall–Kier alpha value is -3.14. The Morgan fingerprint density at radius 3 is 2.61 bits per heavy atom. The van der Waals surface area contributed by atoms with Gasteiger partial charge in [-0.25, -0.2) is 0 Å². The van der Waals surface area contributed by atoms with Crippen LogP contribution in [0.2, 0.25) is 0 Å².